The largest absolute Gasteiger partial charge is 0.447 e. The fourth-order valence-corrected chi connectivity index (χ4v) is 4.41. The lowest BCUT2D eigenvalue weighted by Gasteiger charge is -2.40. The number of aromatic nitrogens is 1. The van der Waals surface area contributed by atoms with Gasteiger partial charge in [0.2, 0.25) is 11.8 Å². The van der Waals surface area contributed by atoms with E-state index in [0.717, 1.165) is 50.6 Å². The van der Waals surface area contributed by atoms with Crippen LogP contribution in [0.15, 0.2) is 65.4 Å². The van der Waals surface area contributed by atoms with Crippen molar-refractivity contribution in [1.29, 1.82) is 0 Å². The SMILES string of the molecule is Cc1cc(NC(=O)C2CC2)ccc1N1CCN(C(c2ccccc2)c2ncco2)CC1. The summed E-state index contributed by atoms with van der Waals surface area (Å²) in [5.41, 5.74) is 4.51. The molecule has 2 aliphatic rings. The second-order valence-corrected chi connectivity index (χ2v) is 8.47. The summed E-state index contributed by atoms with van der Waals surface area (Å²) in [6.45, 7) is 5.81. The van der Waals surface area contributed by atoms with Gasteiger partial charge in [0.1, 0.15) is 12.3 Å². The number of hydrogen-bond donors (Lipinski definition) is 1. The number of hydrogen-bond acceptors (Lipinski definition) is 5. The summed E-state index contributed by atoms with van der Waals surface area (Å²) in [6, 6.07) is 16.7. The lowest BCUT2D eigenvalue weighted by Crippen LogP contribution is -2.48. The Morgan fingerprint density at radius 3 is 2.52 bits per heavy atom. The second kappa shape index (κ2) is 8.55. The van der Waals surface area contributed by atoms with E-state index in [0.29, 0.717) is 0 Å². The first-order chi connectivity index (χ1) is 15.2. The summed E-state index contributed by atoms with van der Waals surface area (Å²) in [5.74, 6) is 1.11. The van der Waals surface area contributed by atoms with Crippen LogP contribution in [0.1, 0.15) is 35.9 Å². The summed E-state index contributed by atoms with van der Waals surface area (Å²) in [5, 5.41) is 3.05. The predicted molar refractivity (Wildman–Crippen MR) is 121 cm³/mol. The number of aryl methyl sites for hydroxylation is 1. The van der Waals surface area contributed by atoms with Crippen molar-refractivity contribution in [3.05, 3.63) is 78.0 Å². The lowest BCUT2D eigenvalue weighted by molar-refractivity contribution is -0.117. The van der Waals surface area contributed by atoms with E-state index in [9.17, 15) is 4.79 Å². The molecule has 3 aromatic rings. The molecule has 1 saturated carbocycles. The highest BCUT2D eigenvalue weighted by molar-refractivity contribution is 5.94. The molecule has 6 heteroatoms. The number of rotatable bonds is 6. The van der Waals surface area contributed by atoms with Crippen molar-refractivity contribution in [1.82, 2.24) is 9.88 Å². The quantitative estimate of drug-likeness (QED) is 0.651. The smallest absolute Gasteiger partial charge is 0.227 e. The number of oxazole rings is 1. The van der Waals surface area contributed by atoms with Crippen molar-refractivity contribution in [3.63, 3.8) is 0 Å². The van der Waals surface area contributed by atoms with Gasteiger partial charge >= 0.3 is 0 Å². The van der Waals surface area contributed by atoms with Crippen LogP contribution >= 0.6 is 0 Å². The minimum absolute atomic E-state index is 0.0273. The zero-order valence-electron chi connectivity index (χ0n) is 17.8. The van der Waals surface area contributed by atoms with Gasteiger partial charge in [-0.15, -0.1) is 0 Å². The van der Waals surface area contributed by atoms with E-state index in [1.807, 2.05) is 12.1 Å². The molecule has 2 heterocycles. The highest BCUT2D eigenvalue weighted by atomic mass is 16.3. The maximum atomic E-state index is 12.0. The Bertz CT molecular complexity index is 1020. The molecule has 1 amide bonds. The molecule has 1 saturated heterocycles. The van der Waals surface area contributed by atoms with Gasteiger partial charge < -0.3 is 14.6 Å². The molecular formula is C25H28N4O2. The van der Waals surface area contributed by atoms with E-state index in [1.54, 1.807) is 12.5 Å². The fraction of sp³-hybridized carbons (Fsp3) is 0.360. The standard InChI is InChI=1S/C25H28N4O2/c1-18-17-21(27-24(30)20-7-8-20)9-10-22(18)28-12-14-29(15-13-28)23(25-26-11-16-31-25)19-5-3-2-4-6-19/h2-6,9-11,16-17,20,23H,7-8,12-15H2,1H3,(H,27,30). The van der Waals surface area contributed by atoms with Gasteiger partial charge in [-0.25, -0.2) is 4.98 Å². The highest BCUT2D eigenvalue weighted by Crippen LogP contribution is 2.32. The fourth-order valence-electron chi connectivity index (χ4n) is 4.41. The third-order valence-corrected chi connectivity index (χ3v) is 6.23. The molecule has 2 aromatic carbocycles. The molecule has 5 rings (SSSR count). The average Bonchev–Trinajstić information content (AvgIpc) is 3.52. The summed E-state index contributed by atoms with van der Waals surface area (Å²) in [6.07, 6.45) is 5.40. The molecule has 1 aromatic heterocycles. The molecule has 1 aliphatic heterocycles. The van der Waals surface area contributed by atoms with Gasteiger partial charge in [-0.1, -0.05) is 30.3 Å². The zero-order chi connectivity index (χ0) is 21.2. The van der Waals surface area contributed by atoms with Crippen molar-refractivity contribution in [2.24, 2.45) is 5.92 Å². The molecule has 1 N–H and O–H groups in total. The highest BCUT2D eigenvalue weighted by Gasteiger charge is 2.31. The molecule has 2 fully saturated rings. The molecule has 0 spiro atoms. The van der Waals surface area contributed by atoms with Crippen LogP contribution in [-0.4, -0.2) is 42.0 Å². The van der Waals surface area contributed by atoms with Gasteiger partial charge in [0, 0.05) is 43.5 Å². The Labute approximate surface area is 182 Å². The maximum Gasteiger partial charge on any atom is 0.227 e. The zero-order valence-corrected chi connectivity index (χ0v) is 17.8. The molecule has 1 atom stereocenters. The number of piperazine rings is 1. The molecular weight excluding hydrogens is 388 g/mol. The third-order valence-electron chi connectivity index (χ3n) is 6.23. The Morgan fingerprint density at radius 1 is 1.10 bits per heavy atom. The molecule has 0 bridgehead atoms. The van der Waals surface area contributed by atoms with Crippen molar-refractivity contribution in [2.45, 2.75) is 25.8 Å². The number of nitrogens with one attached hydrogen (secondary N) is 1. The Hall–Kier alpha value is -3.12. The van der Waals surface area contributed by atoms with Crippen LogP contribution in [0.25, 0.3) is 0 Å². The number of carbonyl (C=O) groups excluding carboxylic acids is 1. The normalized spacial score (nSPS) is 18.0. The molecule has 6 nitrogen and oxygen atoms in total. The van der Waals surface area contributed by atoms with E-state index in [1.165, 1.54) is 16.8 Å². The van der Waals surface area contributed by atoms with Gasteiger partial charge in [-0.2, -0.15) is 0 Å². The van der Waals surface area contributed by atoms with Gasteiger partial charge in [-0.3, -0.25) is 9.69 Å². The Balaban J connectivity index is 1.28. The number of amides is 1. The van der Waals surface area contributed by atoms with E-state index in [2.05, 4.69) is 63.4 Å². The number of benzene rings is 2. The number of carbonyl (C=O) groups is 1. The first-order valence-electron chi connectivity index (χ1n) is 11.0. The monoisotopic (exact) mass is 416 g/mol. The van der Waals surface area contributed by atoms with Crippen LogP contribution < -0.4 is 10.2 Å². The van der Waals surface area contributed by atoms with Gasteiger partial charge in [0.05, 0.1) is 6.20 Å². The maximum absolute atomic E-state index is 12.0. The minimum atomic E-state index is 0.0273. The summed E-state index contributed by atoms with van der Waals surface area (Å²) in [4.78, 5) is 21.4. The van der Waals surface area contributed by atoms with Gasteiger partial charge in [-0.05, 0) is 49.1 Å². The molecule has 31 heavy (non-hydrogen) atoms. The van der Waals surface area contributed by atoms with Crippen LogP contribution in [0.2, 0.25) is 0 Å². The van der Waals surface area contributed by atoms with E-state index >= 15 is 0 Å². The van der Waals surface area contributed by atoms with Crippen molar-refractivity contribution < 1.29 is 9.21 Å². The van der Waals surface area contributed by atoms with E-state index < -0.39 is 0 Å². The van der Waals surface area contributed by atoms with Crippen LogP contribution in [0.3, 0.4) is 0 Å². The number of anilines is 2. The molecule has 1 aliphatic carbocycles. The van der Waals surface area contributed by atoms with E-state index in [-0.39, 0.29) is 17.9 Å². The topological polar surface area (TPSA) is 61.6 Å². The van der Waals surface area contributed by atoms with Crippen LogP contribution in [-0.2, 0) is 4.79 Å². The third kappa shape index (κ3) is 4.35. The average molecular weight is 417 g/mol. The second-order valence-electron chi connectivity index (χ2n) is 8.47. The van der Waals surface area contributed by atoms with E-state index in [4.69, 9.17) is 4.42 Å². The molecule has 1 unspecified atom stereocenters. The lowest BCUT2D eigenvalue weighted by atomic mass is 10.0. The molecule has 160 valence electrons. The minimum Gasteiger partial charge on any atom is -0.447 e. The summed E-state index contributed by atoms with van der Waals surface area (Å²) in [7, 11) is 0. The van der Waals surface area contributed by atoms with Gasteiger partial charge in [0.25, 0.3) is 0 Å². The molecule has 0 radical (unpaired) electrons. The van der Waals surface area contributed by atoms with Crippen LogP contribution in [0.4, 0.5) is 11.4 Å². The first-order valence-corrected chi connectivity index (χ1v) is 11.0. The Morgan fingerprint density at radius 2 is 1.87 bits per heavy atom. The van der Waals surface area contributed by atoms with Crippen molar-refractivity contribution >= 4 is 17.3 Å². The Kier molecular flexibility index (Phi) is 5.47. The summed E-state index contributed by atoms with van der Waals surface area (Å²) >= 11 is 0. The van der Waals surface area contributed by atoms with Gasteiger partial charge in [0.15, 0.2) is 0 Å². The van der Waals surface area contributed by atoms with Crippen molar-refractivity contribution in [3.8, 4) is 0 Å². The summed E-state index contributed by atoms with van der Waals surface area (Å²) < 4.78 is 5.70. The number of nitrogens with zero attached hydrogens (tertiary/aromatic N) is 3. The van der Waals surface area contributed by atoms with Crippen LogP contribution in [0, 0.1) is 12.8 Å². The van der Waals surface area contributed by atoms with Crippen LogP contribution in [0.5, 0.6) is 0 Å². The predicted octanol–water partition coefficient (Wildman–Crippen LogP) is 4.24. The first kappa shape index (κ1) is 19.8. The van der Waals surface area contributed by atoms with Crippen molar-refractivity contribution in [2.75, 3.05) is 36.4 Å².